The maximum absolute atomic E-state index is 12.2. The molecule has 0 aromatic heterocycles. The molecule has 0 bridgehead atoms. The van der Waals surface area contributed by atoms with Crippen molar-refractivity contribution in [3.8, 4) is 0 Å². The van der Waals surface area contributed by atoms with Gasteiger partial charge in [-0.2, -0.15) is 0 Å². The number of hydrazine groups is 1. The van der Waals surface area contributed by atoms with Crippen molar-refractivity contribution >= 4 is 17.3 Å². The number of anilines is 1. The number of nitrogen functional groups attached to an aromatic ring is 1. The van der Waals surface area contributed by atoms with Crippen molar-refractivity contribution in [1.82, 2.24) is 4.90 Å². The van der Waals surface area contributed by atoms with Crippen LogP contribution in [0.25, 0.3) is 0 Å². The summed E-state index contributed by atoms with van der Waals surface area (Å²) in [5.41, 5.74) is 2.51. The van der Waals surface area contributed by atoms with Gasteiger partial charge in [0, 0.05) is 25.2 Å². The molecule has 7 nitrogen and oxygen atoms in total. The van der Waals surface area contributed by atoms with Gasteiger partial charge in [0.05, 0.1) is 4.92 Å². The smallest absolute Gasteiger partial charge is 0.294 e. The molecule has 1 aromatic carbocycles. The fraction of sp³-hybridized carbons (Fsp3) is 0.462. The van der Waals surface area contributed by atoms with Crippen LogP contribution < -0.4 is 11.3 Å². The number of nitrogens with zero attached hydrogens (tertiary/aromatic N) is 2. The molecule has 0 spiro atoms. The highest BCUT2D eigenvalue weighted by atomic mass is 16.6. The van der Waals surface area contributed by atoms with Gasteiger partial charge in [0.25, 0.3) is 11.6 Å². The van der Waals surface area contributed by atoms with Gasteiger partial charge in [0.15, 0.2) is 0 Å². The second-order valence-electron chi connectivity index (χ2n) is 4.57. The molecule has 1 rings (SSSR count). The minimum atomic E-state index is -0.566. The van der Waals surface area contributed by atoms with Gasteiger partial charge in [0.2, 0.25) is 0 Å². The van der Waals surface area contributed by atoms with Crippen LogP contribution in [0.15, 0.2) is 18.2 Å². The SMILES string of the molecule is CCCCCN(C)C(=O)c1ccc(NN)c([N+](=O)[O-])c1. The molecule has 20 heavy (non-hydrogen) atoms. The van der Waals surface area contributed by atoms with Crippen LogP contribution in [0.2, 0.25) is 0 Å². The van der Waals surface area contributed by atoms with Crippen LogP contribution in [0.5, 0.6) is 0 Å². The zero-order valence-electron chi connectivity index (χ0n) is 11.8. The molecule has 1 amide bonds. The van der Waals surface area contributed by atoms with Crippen LogP contribution in [-0.4, -0.2) is 29.3 Å². The molecular weight excluding hydrogens is 260 g/mol. The lowest BCUT2D eigenvalue weighted by Gasteiger charge is -2.17. The molecule has 0 aliphatic carbocycles. The number of amides is 1. The van der Waals surface area contributed by atoms with Gasteiger partial charge in [-0.15, -0.1) is 0 Å². The molecule has 0 saturated carbocycles. The zero-order chi connectivity index (χ0) is 15.1. The van der Waals surface area contributed by atoms with Crippen molar-refractivity contribution in [2.45, 2.75) is 26.2 Å². The number of nitrogens with two attached hydrogens (primary N) is 1. The number of hydrogen-bond acceptors (Lipinski definition) is 5. The monoisotopic (exact) mass is 280 g/mol. The summed E-state index contributed by atoms with van der Waals surface area (Å²) in [5, 5.41) is 10.9. The van der Waals surface area contributed by atoms with E-state index in [0.29, 0.717) is 6.54 Å². The lowest BCUT2D eigenvalue weighted by molar-refractivity contribution is -0.384. The van der Waals surface area contributed by atoms with E-state index in [-0.39, 0.29) is 22.8 Å². The van der Waals surface area contributed by atoms with Gasteiger partial charge >= 0.3 is 0 Å². The average molecular weight is 280 g/mol. The largest absolute Gasteiger partial charge is 0.342 e. The normalized spacial score (nSPS) is 10.2. The highest BCUT2D eigenvalue weighted by molar-refractivity contribution is 5.95. The minimum Gasteiger partial charge on any atom is -0.342 e. The summed E-state index contributed by atoms with van der Waals surface area (Å²) >= 11 is 0. The molecule has 0 aliphatic heterocycles. The van der Waals surface area contributed by atoms with E-state index in [9.17, 15) is 14.9 Å². The van der Waals surface area contributed by atoms with Crippen molar-refractivity contribution in [2.75, 3.05) is 19.0 Å². The van der Waals surface area contributed by atoms with E-state index >= 15 is 0 Å². The Morgan fingerprint density at radius 3 is 2.70 bits per heavy atom. The summed E-state index contributed by atoms with van der Waals surface area (Å²) < 4.78 is 0. The molecule has 0 atom stereocenters. The number of carbonyl (C=O) groups excluding carboxylic acids is 1. The van der Waals surface area contributed by atoms with E-state index in [4.69, 9.17) is 5.84 Å². The molecule has 0 unspecified atom stereocenters. The fourth-order valence-electron chi connectivity index (χ4n) is 1.86. The number of rotatable bonds is 7. The van der Waals surface area contributed by atoms with Crippen molar-refractivity contribution in [3.63, 3.8) is 0 Å². The average Bonchev–Trinajstić information content (AvgIpc) is 2.45. The van der Waals surface area contributed by atoms with Gasteiger partial charge in [-0.05, 0) is 18.6 Å². The third-order valence-electron chi connectivity index (χ3n) is 3.04. The quantitative estimate of drug-likeness (QED) is 0.345. The first-order valence-electron chi connectivity index (χ1n) is 6.51. The summed E-state index contributed by atoms with van der Waals surface area (Å²) in [5.74, 6) is 4.98. The van der Waals surface area contributed by atoms with E-state index < -0.39 is 4.92 Å². The third kappa shape index (κ3) is 3.92. The molecular formula is C13H20N4O3. The topological polar surface area (TPSA) is 102 Å². The first kappa shape index (κ1) is 15.9. The Balaban J connectivity index is 2.88. The van der Waals surface area contributed by atoms with Crippen LogP contribution in [0.3, 0.4) is 0 Å². The maximum Gasteiger partial charge on any atom is 0.294 e. The second kappa shape index (κ2) is 7.44. The minimum absolute atomic E-state index is 0.181. The van der Waals surface area contributed by atoms with E-state index in [0.717, 1.165) is 19.3 Å². The van der Waals surface area contributed by atoms with Crippen LogP contribution in [0.1, 0.15) is 36.5 Å². The number of nitro benzene ring substituents is 1. The Bertz CT molecular complexity index is 491. The molecule has 0 saturated heterocycles. The van der Waals surface area contributed by atoms with Gasteiger partial charge in [-0.3, -0.25) is 20.8 Å². The molecule has 0 aliphatic rings. The van der Waals surface area contributed by atoms with Gasteiger partial charge in [0.1, 0.15) is 5.69 Å². The highest BCUT2D eigenvalue weighted by Crippen LogP contribution is 2.25. The molecule has 7 heteroatoms. The number of hydrogen-bond donors (Lipinski definition) is 2. The Labute approximate surface area is 117 Å². The third-order valence-corrected chi connectivity index (χ3v) is 3.04. The lowest BCUT2D eigenvalue weighted by Crippen LogP contribution is -2.27. The summed E-state index contributed by atoms with van der Waals surface area (Å²) in [4.78, 5) is 24.1. The first-order chi connectivity index (χ1) is 9.51. The van der Waals surface area contributed by atoms with Crippen molar-refractivity contribution < 1.29 is 9.72 Å². The van der Waals surface area contributed by atoms with Gasteiger partial charge in [-0.1, -0.05) is 19.8 Å². The summed E-state index contributed by atoms with van der Waals surface area (Å²) in [6, 6.07) is 4.21. The number of nitro groups is 1. The Morgan fingerprint density at radius 2 is 2.15 bits per heavy atom. The van der Waals surface area contributed by atoms with Crippen LogP contribution >= 0.6 is 0 Å². The second-order valence-corrected chi connectivity index (χ2v) is 4.57. The molecule has 110 valence electrons. The molecule has 1 aromatic rings. The zero-order valence-corrected chi connectivity index (χ0v) is 11.8. The fourth-order valence-corrected chi connectivity index (χ4v) is 1.86. The Hall–Kier alpha value is -2.15. The Kier molecular flexibility index (Phi) is 5.92. The lowest BCUT2D eigenvalue weighted by atomic mass is 10.1. The first-order valence-corrected chi connectivity index (χ1v) is 6.51. The summed E-state index contributed by atoms with van der Waals surface area (Å²) in [6.45, 7) is 2.72. The van der Waals surface area contributed by atoms with E-state index in [1.807, 2.05) is 0 Å². The van der Waals surface area contributed by atoms with E-state index in [1.54, 1.807) is 11.9 Å². The molecule has 0 heterocycles. The molecule has 0 radical (unpaired) electrons. The van der Waals surface area contributed by atoms with Crippen molar-refractivity contribution in [1.29, 1.82) is 0 Å². The van der Waals surface area contributed by atoms with E-state index in [1.165, 1.54) is 18.2 Å². The number of benzene rings is 1. The number of carbonyl (C=O) groups is 1. The highest BCUT2D eigenvalue weighted by Gasteiger charge is 2.18. The molecule has 0 fully saturated rings. The number of nitrogens with one attached hydrogen (secondary N) is 1. The predicted molar refractivity (Wildman–Crippen MR) is 77.4 cm³/mol. The van der Waals surface area contributed by atoms with Crippen LogP contribution in [-0.2, 0) is 0 Å². The maximum atomic E-state index is 12.2. The Morgan fingerprint density at radius 1 is 1.45 bits per heavy atom. The standard InChI is InChI=1S/C13H20N4O3/c1-3-4-5-8-16(2)13(18)10-6-7-11(15-14)12(9-10)17(19)20/h6-7,9,15H,3-5,8,14H2,1-2H3. The van der Waals surface area contributed by atoms with E-state index in [2.05, 4.69) is 12.3 Å². The summed E-state index contributed by atoms with van der Waals surface area (Å²) in [6.07, 6.45) is 3.04. The predicted octanol–water partition coefficient (Wildman–Crippen LogP) is 2.14. The van der Waals surface area contributed by atoms with Gasteiger partial charge < -0.3 is 10.3 Å². The van der Waals surface area contributed by atoms with Crippen LogP contribution in [0, 0.1) is 10.1 Å². The molecule has 3 N–H and O–H groups in total. The van der Waals surface area contributed by atoms with Gasteiger partial charge in [-0.25, -0.2) is 0 Å². The van der Waals surface area contributed by atoms with Crippen molar-refractivity contribution in [3.05, 3.63) is 33.9 Å². The summed E-state index contributed by atoms with van der Waals surface area (Å²) in [7, 11) is 1.69. The number of unbranched alkanes of at least 4 members (excludes halogenated alkanes) is 2. The van der Waals surface area contributed by atoms with Crippen LogP contribution in [0.4, 0.5) is 11.4 Å². The van der Waals surface area contributed by atoms with Crippen molar-refractivity contribution in [2.24, 2.45) is 5.84 Å².